The Morgan fingerprint density at radius 2 is 1.92 bits per heavy atom. The standard InChI is InChI=1S/C10H19NOS/c12-10-9(8-13)6-4-2-1-3-5-7-11-10/h9,13H,1-8H2,(H,11,12). The van der Waals surface area contributed by atoms with E-state index in [1.54, 1.807) is 0 Å². The van der Waals surface area contributed by atoms with Crippen LogP contribution >= 0.6 is 12.6 Å². The second-order valence-corrected chi connectivity index (χ2v) is 4.09. The average Bonchev–Trinajstić information content (AvgIpc) is 2.16. The van der Waals surface area contributed by atoms with Gasteiger partial charge in [-0.1, -0.05) is 25.7 Å². The SMILES string of the molecule is O=C1NCCCCCCCC1CS. The second-order valence-electron chi connectivity index (χ2n) is 3.73. The highest BCUT2D eigenvalue weighted by molar-refractivity contribution is 7.80. The Morgan fingerprint density at radius 3 is 2.69 bits per heavy atom. The molecule has 1 unspecified atom stereocenters. The first-order valence-corrected chi connectivity index (χ1v) is 5.86. The number of carbonyl (C=O) groups is 1. The van der Waals surface area contributed by atoms with Gasteiger partial charge >= 0.3 is 0 Å². The van der Waals surface area contributed by atoms with Gasteiger partial charge in [-0.2, -0.15) is 12.6 Å². The van der Waals surface area contributed by atoms with Crippen LogP contribution in [0.5, 0.6) is 0 Å². The normalized spacial score (nSPS) is 26.5. The first kappa shape index (κ1) is 10.9. The lowest BCUT2D eigenvalue weighted by atomic mass is 10.00. The van der Waals surface area contributed by atoms with Crippen LogP contribution in [0.3, 0.4) is 0 Å². The first-order chi connectivity index (χ1) is 6.34. The molecule has 1 saturated heterocycles. The summed E-state index contributed by atoms with van der Waals surface area (Å²) in [7, 11) is 0. The minimum atomic E-state index is 0.140. The predicted octanol–water partition coefficient (Wildman–Crippen LogP) is 2.00. The molecule has 0 aliphatic carbocycles. The van der Waals surface area contributed by atoms with Crippen molar-refractivity contribution >= 4 is 18.5 Å². The highest BCUT2D eigenvalue weighted by atomic mass is 32.1. The fraction of sp³-hybridized carbons (Fsp3) is 0.900. The largest absolute Gasteiger partial charge is 0.356 e. The summed E-state index contributed by atoms with van der Waals surface area (Å²) in [6.07, 6.45) is 7.16. The van der Waals surface area contributed by atoms with Crippen molar-refractivity contribution in [3.8, 4) is 0 Å². The van der Waals surface area contributed by atoms with E-state index in [1.165, 1.54) is 25.7 Å². The Kier molecular flexibility index (Phi) is 5.28. The molecule has 0 spiro atoms. The fourth-order valence-corrected chi connectivity index (χ4v) is 2.06. The van der Waals surface area contributed by atoms with Crippen LogP contribution < -0.4 is 5.32 Å². The van der Waals surface area contributed by atoms with E-state index in [4.69, 9.17) is 0 Å². The number of rotatable bonds is 1. The van der Waals surface area contributed by atoms with E-state index in [-0.39, 0.29) is 11.8 Å². The number of carbonyl (C=O) groups excluding carboxylic acids is 1. The molecule has 1 fully saturated rings. The van der Waals surface area contributed by atoms with Gasteiger partial charge in [0, 0.05) is 18.2 Å². The maximum absolute atomic E-state index is 11.5. The molecule has 0 bridgehead atoms. The van der Waals surface area contributed by atoms with Crippen LogP contribution in [0.4, 0.5) is 0 Å². The third-order valence-corrected chi connectivity index (χ3v) is 3.06. The molecule has 13 heavy (non-hydrogen) atoms. The maximum Gasteiger partial charge on any atom is 0.223 e. The van der Waals surface area contributed by atoms with E-state index < -0.39 is 0 Å². The van der Waals surface area contributed by atoms with Crippen molar-refractivity contribution in [2.45, 2.75) is 38.5 Å². The second kappa shape index (κ2) is 6.30. The van der Waals surface area contributed by atoms with E-state index in [0.29, 0.717) is 5.75 Å². The fourth-order valence-electron chi connectivity index (χ4n) is 1.71. The van der Waals surface area contributed by atoms with E-state index in [1.807, 2.05) is 0 Å². The average molecular weight is 201 g/mol. The number of hydrogen-bond acceptors (Lipinski definition) is 2. The van der Waals surface area contributed by atoms with Crippen LogP contribution in [-0.2, 0) is 4.79 Å². The van der Waals surface area contributed by atoms with Gasteiger partial charge in [0.05, 0.1) is 0 Å². The van der Waals surface area contributed by atoms with Crippen molar-refractivity contribution in [1.29, 1.82) is 0 Å². The van der Waals surface area contributed by atoms with Crippen molar-refractivity contribution in [1.82, 2.24) is 5.32 Å². The molecule has 1 aliphatic heterocycles. The predicted molar refractivity (Wildman–Crippen MR) is 58.1 cm³/mol. The molecule has 0 saturated carbocycles. The van der Waals surface area contributed by atoms with E-state index in [0.717, 1.165) is 19.4 Å². The van der Waals surface area contributed by atoms with Crippen molar-refractivity contribution in [3.05, 3.63) is 0 Å². The van der Waals surface area contributed by atoms with Gasteiger partial charge in [0.2, 0.25) is 5.91 Å². The highest BCUT2D eigenvalue weighted by Gasteiger charge is 2.16. The summed E-state index contributed by atoms with van der Waals surface area (Å²) >= 11 is 4.21. The quantitative estimate of drug-likeness (QED) is 0.624. The molecular weight excluding hydrogens is 182 g/mol. The molecular formula is C10H19NOS. The summed E-state index contributed by atoms with van der Waals surface area (Å²) < 4.78 is 0. The molecule has 1 aliphatic rings. The molecule has 2 nitrogen and oxygen atoms in total. The number of thiol groups is 1. The topological polar surface area (TPSA) is 29.1 Å². The molecule has 76 valence electrons. The van der Waals surface area contributed by atoms with Crippen molar-refractivity contribution in [2.75, 3.05) is 12.3 Å². The monoisotopic (exact) mass is 201 g/mol. The van der Waals surface area contributed by atoms with E-state index in [9.17, 15) is 4.79 Å². The summed E-state index contributed by atoms with van der Waals surface area (Å²) in [6.45, 7) is 0.850. The van der Waals surface area contributed by atoms with Gasteiger partial charge in [0.25, 0.3) is 0 Å². The van der Waals surface area contributed by atoms with Crippen LogP contribution in [-0.4, -0.2) is 18.2 Å². The minimum Gasteiger partial charge on any atom is -0.356 e. The minimum absolute atomic E-state index is 0.140. The van der Waals surface area contributed by atoms with Gasteiger partial charge in [-0.3, -0.25) is 4.79 Å². The zero-order valence-electron chi connectivity index (χ0n) is 8.09. The van der Waals surface area contributed by atoms with Gasteiger partial charge in [0.1, 0.15) is 0 Å². The molecule has 0 aromatic rings. The third kappa shape index (κ3) is 4.03. The molecule has 0 aromatic heterocycles. The summed E-state index contributed by atoms with van der Waals surface area (Å²) in [6, 6.07) is 0. The Balaban J connectivity index is 2.37. The lowest BCUT2D eigenvalue weighted by Crippen LogP contribution is -2.32. The Morgan fingerprint density at radius 1 is 1.23 bits per heavy atom. The Hall–Kier alpha value is -0.180. The molecule has 0 radical (unpaired) electrons. The molecule has 1 amide bonds. The Bertz CT molecular complexity index is 161. The lowest BCUT2D eigenvalue weighted by molar-refractivity contribution is -0.124. The van der Waals surface area contributed by atoms with Gasteiger partial charge in [-0.15, -0.1) is 0 Å². The number of hydrogen-bond donors (Lipinski definition) is 2. The highest BCUT2D eigenvalue weighted by Crippen LogP contribution is 2.14. The van der Waals surface area contributed by atoms with Crippen molar-refractivity contribution in [3.63, 3.8) is 0 Å². The molecule has 0 aromatic carbocycles. The van der Waals surface area contributed by atoms with Gasteiger partial charge in [-0.25, -0.2) is 0 Å². The van der Waals surface area contributed by atoms with Crippen molar-refractivity contribution < 1.29 is 4.79 Å². The van der Waals surface area contributed by atoms with E-state index in [2.05, 4.69) is 17.9 Å². The van der Waals surface area contributed by atoms with Crippen LogP contribution in [0, 0.1) is 5.92 Å². The van der Waals surface area contributed by atoms with Gasteiger partial charge < -0.3 is 5.32 Å². The van der Waals surface area contributed by atoms with Crippen LogP contribution in [0.15, 0.2) is 0 Å². The Labute approximate surface area is 85.9 Å². The van der Waals surface area contributed by atoms with Crippen LogP contribution in [0.2, 0.25) is 0 Å². The number of nitrogens with one attached hydrogen (secondary N) is 1. The molecule has 1 heterocycles. The third-order valence-electron chi connectivity index (χ3n) is 2.62. The maximum atomic E-state index is 11.5. The molecule has 3 heteroatoms. The first-order valence-electron chi connectivity index (χ1n) is 5.23. The smallest absolute Gasteiger partial charge is 0.223 e. The molecule has 1 rings (SSSR count). The van der Waals surface area contributed by atoms with Crippen LogP contribution in [0.1, 0.15) is 38.5 Å². The molecule has 1 N–H and O–H groups in total. The summed E-state index contributed by atoms with van der Waals surface area (Å²) in [5.41, 5.74) is 0. The summed E-state index contributed by atoms with van der Waals surface area (Å²) in [5, 5.41) is 2.97. The zero-order chi connectivity index (χ0) is 9.52. The van der Waals surface area contributed by atoms with Crippen LogP contribution in [0.25, 0.3) is 0 Å². The zero-order valence-corrected chi connectivity index (χ0v) is 8.98. The summed E-state index contributed by atoms with van der Waals surface area (Å²) in [5.74, 6) is 1.03. The van der Waals surface area contributed by atoms with Crippen molar-refractivity contribution in [2.24, 2.45) is 5.92 Å². The number of amides is 1. The lowest BCUT2D eigenvalue weighted by Gasteiger charge is -2.16. The van der Waals surface area contributed by atoms with E-state index >= 15 is 0 Å². The summed E-state index contributed by atoms with van der Waals surface area (Å²) in [4.78, 5) is 11.5. The van der Waals surface area contributed by atoms with Gasteiger partial charge in [-0.05, 0) is 12.8 Å². The molecule has 1 atom stereocenters. The van der Waals surface area contributed by atoms with Gasteiger partial charge in [0.15, 0.2) is 0 Å².